The van der Waals surface area contributed by atoms with Crippen molar-refractivity contribution in [2.45, 2.75) is 97.7 Å². The molecule has 0 aromatic carbocycles. The number of carbonyl (C=O) groups is 3. The number of thiol groups is 1. The van der Waals surface area contributed by atoms with E-state index in [9.17, 15) is 27.4 Å². The van der Waals surface area contributed by atoms with Gasteiger partial charge < -0.3 is 13.7 Å². The molecule has 0 aromatic rings. The van der Waals surface area contributed by atoms with E-state index >= 15 is 0 Å². The van der Waals surface area contributed by atoms with Crippen molar-refractivity contribution >= 4 is 94.4 Å². The molecule has 0 saturated carbocycles. The molecule has 0 aliphatic rings. The third-order valence-corrected chi connectivity index (χ3v) is 6.47. The first-order valence-corrected chi connectivity index (χ1v) is 13.4. The van der Waals surface area contributed by atoms with Crippen molar-refractivity contribution in [2.24, 2.45) is 11.8 Å². The molecule has 0 heterocycles. The van der Waals surface area contributed by atoms with Crippen LogP contribution in [0.2, 0.25) is 0 Å². The van der Waals surface area contributed by atoms with E-state index in [1.54, 1.807) is 0 Å². The molecule has 13 heteroatoms. The van der Waals surface area contributed by atoms with Gasteiger partial charge in [0.2, 0.25) is 0 Å². The Balaban J connectivity index is -0.000000619. The average Bonchev–Trinajstić information content (AvgIpc) is 2.77. The Kier molecular flexibility index (Phi) is 31.7. The molecule has 0 amide bonds. The van der Waals surface area contributed by atoms with E-state index in [1.807, 2.05) is 13.8 Å². The Morgan fingerprint density at radius 1 is 0.886 bits per heavy atom. The second-order valence-electron chi connectivity index (χ2n) is 7.94. The maximum absolute atomic E-state index is 12.2. The molecule has 0 fully saturated rings. The number of ether oxygens (including phenoxy) is 2. The number of unbranched alkanes of at least 4 members (excludes halogenated alkanes) is 2. The molecule has 0 bridgehead atoms. The third-order valence-electron chi connectivity index (χ3n) is 5.13. The standard InChI is InChI=1S/C20H38O7S.C2H4O2S.Na.Sn.3H/c1-5-9-11-16(7-3)14-26-19(21)13-18(28(23,24)25)20(22)27-15-17(8-4)12-10-6-2;1-2(3)4-5;;;;;/h16-18H,5-15H2,1-4H3,(H,23,24,25);5H,1H3;;;;;. The van der Waals surface area contributed by atoms with E-state index in [0.717, 1.165) is 51.4 Å². The van der Waals surface area contributed by atoms with E-state index in [1.165, 1.54) is 6.92 Å². The summed E-state index contributed by atoms with van der Waals surface area (Å²) in [5, 5.41) is -1.95. The monoisotopic (exact) mass is 660 g/mol. The van der Waals surface area contributed by atoms with Crippen LogP contribution in [-0.2, 0) is 38.2 Å². The second kappa shape index (κ2) is 26.1. The van der Waals surface area contributed by atoms with Crippen LogP contribution >= 0.6 is 12.9 Å². The van der Waals surface area contributed by atoms with Crippen molar-refractivity contribution < 1.29 is 41.0 Å². The van der Waals surface area contributed by atoms with Gasteiger partial charge in [-0.25, -0.2) is 0 Å². The van der Waals surface area contributed by atoms with Gasteiger partial charge in [0.1, 0.15) is 0 Å². The van der Waals surface area contributed by atoms with Gasteiger partial charge in [-0.2, -0.15) is 8.42 Å². The molecule has 2 radical (unpaired) electrons. The first-order chi connectivity index (χ1) is 15.5. The number of carbonyl (C=O) groups excluding carboxylic acids is 3. The molecule has 204 valence electrons. The molecular formula is C22H45NaO9S2Sn. The van der Waals surface area contributed by atoms with Gasteiger partial charge in [-0.1, -0.05) is 66.2 Å². The normalized spacial score (nSPS) is 12.9. The summed E-state index contributed by atoms with van der Waals surface area (Å²) >= 11 is 3.17. The fraction of sp³-hybridized carbons (Fsp3) is 0.864. The minimum atomic E-state index is -4.76. The van der Waals surface area contributed by atoms with Crippen molar-refractivity contribution in [3.63, 3.8) is 0 Å². The predicted molar refractivity (Wildman–Crippen MR) is 145 cm³/mol. The fourth-order valence-electron chi connectivity index (χ4n) is 2.82. The molecule has 35 heavy (non-hydrogen) atoms. The Hall–Kier alpha value is 0.469. The van der Waals surface area contributed by atoms with Gasteiger partial charge in [-0.15, -0.1) is 0 Å². The van der Waals surface area contributed by atoms with Crippen molar-refractivity contribution in [1.82, 2.24) is 0 Å². The Labute approximate surface area is 256 Å². The van der Waals surface area contributed by atoms with Crippen molar-refractivity contribution in [3.8, 4) is 0 Å². The zero-order valence-corrected chi connectivity index (χ0v) is 27.0. The molecule has 3 unspecified atom stereocenters. The first kappa shape index (κ1) is 42.6. The summed E-state index contributed by atoms with van der Waals surface area (Å²) in [6.45, 7) is 9.63. The Bertz CT molecular complexity index is 663. The average molecular weight is 659 g/mol. The van der Waals surface area contributed by atoms with Crippen molar-refractivity contribution in [2.75, 3.05) is 13.2 Å². The van der Waals surface area contributed by atoms with Gasteiger partial charge in [-0.05, 0) is 24.7 Å². The summed E-state index contributed by atoms with van der Waals surface area (Å²) in [6.07, 6.45) is 6.74. The molecule has 0 aliphatic heterocycles. The summed E-state index contributed by atoms with van der Waals surface area (Å²) in [6, 6.07) is 0. The van der Waals surface area contributed by atoms with Crippen LogP contribution in [0.25, 0.3) is 0 Å². The Morgan fingerprint density at radius 2 is 1.29 bits per heavy atom. The van der Waals surface area contributed by atoms with E-state index < -0.39 is 33.7 Å². The molecule has 3 atom stereocenters. The predicted octanol–water partition coefficient (Wildman–Crippen LogP) is 2.98. The van der Waals surface area contributed by atoms with Gasteiger partial charge in [-0.3, -0.25) is 18.9 Å². The van der Waals surface area contributed by atoms with Crippen LogP contribution in [0.15, 0.2) is 0 Å². The topological polar surface area (TPSA) is 133 Å². The van der Waals surface area contributed by atoms with Crippen LogP contribution in [0, 0.1) is 11.8 Å². The molecule has 0 saturated heterocycles. The zero-order valence-electron chi connectivity index (χ0n) is 21.3. The molecule has 9 nitrogen and oxygen atoms in total. The zero-order chi connectivity index (χ0) is 25.9. The summed E-state index contributed by atoms with van der Waals surface area (Å²) in [7, 11) is -4.76. The van der Waals surface area contributed by atoms with Crippen molar-refractivity contribution in [1.29, 1.82) is 0 Å². The number of hydrogen-bond acceptors (Lipinski definition) is 9. The Morgan fingerprint density at radius 3 is 1.60 bits per heavy atom. The molecule has 0 rings (SSSR count). The second-order valence-corrected chi connectivity index (χ2v) is 9.72. The van der Waals surface area contributed by atoms with Crippen LogP contribution in [0.3, 0.4) is 0 Å². The number of esters is 2. The number of rotatable bonds is 16. The van der Waals surface area contributed by atoms with E-state index in [0.29, 0.717) is 0 Å². The SMILES string of the molecule is CC(=O)OS.CCCCC(CC)COC(=O)CC(C(=O)OCC(CC)CCCC)S(=O)(=O)O.[NaH].[SnH2]. The van der Waals surface area contributed by atoms with Gasteiger partial charge in [0.25, 0.3) is 10.1 Å². The van der Waals surface area contributed by atoms with Crippen LogP contribution < -0.4 is 0 Å². The number of hydrogen-bond donors (Lipinski definition) is 2. The van der Waals surface area contributed by atoms with Crippen LogP contribution in [0.4, 0.5) is 0 Å². The summed E-state index contributed by atoms with van der Waals surface area (Å²) < 4.78 is 46.6. The summed E-state index contributed by atoms with van der Waals surface area (Å²) in [5.74, 6) is -1.99. The van der Waals surface area contributed by atoms with Gasteiger partial charge in [0.15, 0.2) is 5.25 Å². The maximum atomic E-state index is 12.2. The summed E-state index contributed by atoms with van der Waals surface area (Å²) in [5.41, 5.74) is 0. The van der Waals surface area contributed by atoms with Crippen LogP contribution in [0.5, 0.6) is 0 Å². The van der Waals surface area contributed by atoms with Crippen molar-refractivity contribution in [3.05, 3.63) is 0 Å². The fourth-order valence-corrected chi connectivity index (χ4v) is 3.48. The first-order valence-electron chi connectivity index (χ1n) is 11.6. The van der Waals surface area contributed by atoms with Gasteiger partial charge in [0, 0.05) is 19.8 Å². The third kappa shape index (κ3) is 24.6. The van der Waals surface area contributed by atoms with E-state index in [-0.39, 0.29) is 84.5 Å². The van der Waals surface area contributed by atoms with E-state index in [4.69, 9.17) is 9.47 Å². The molecule has 0 aliphatic carbocycles. The molecule has 1 N–H and O–H groups in total. The van der Waals surface area contributed by atoms with Gasteiger partial charge >= 0.3 is 71.4 Å². The molecular weight excluding hydrogens is 614 g/mol. The van der Waals surface area contributed by atoms with Crippen LogP contribution in [0.1, 0.15) is 92.4 Å². The summed E-state index contributed by atoms with van der Waals surface area (Å²) in [4.78, 5) is 33.7. The minimum absolute atomic E-state index is 0. The van der Waals surface area contributed by atoms with Crippen LogP contribution in [-0.4, -0.2) is 103 Å². The van der Waals surface area contributed by atoms with E-state index in [2.05, 4.69) is 30.9 Å². The molecule has 0 spiro atoms. The quantitative estimate of drug-likeness (QED) is 0.0641. The molecule has 0 aromatic heterocycles. The van der Waals surface area contributed by atoms with Gasteiger partial charge in [0.05, 0.1) is 19.6 Å².